The Balaban J connectivity index is 2.34. The number of halogens is 1. The van der Waals surface area contributed by atoms with Gasteiger partial charge < -0.3 is 16.4 Å². The minimum atomic E-state index is -0.617. The molecule has 0 fully saturated rings. The van der Waals surface area contributed by atoms with Gasteiger partial charge in [-0.15, -0.1) is 0 Å². The summed E-state index contributed by atoms with van der Waals surface area (Å²) < 4.78 is 0. The molecule has 0 bridgehead atoms. The number of primary amides is 1. The zero-order chi connectivity index (χ0) is 14.3. The molecule has 6 nitrogen and oxygen atoms in total. The fourth-order valence-electron chi connectivity index (χ4n) is 1.30. The van der Waals surface area contributed by atoms with E-state index in [1.165, 1.54) is 0 Å². The highest BCUT2D eigenvalue weighted by atomic mass is 35.5. The first-order valence-electron chi connectivity index (χ1n) is 5.58. The molecule has 7 heteroatoms. The standard InChI is InChI=1S/C12H14ClN3O3/c13-9-4-2-1-3-8(9)12(19)15-6-5-11(18)16-7-10(14)17/h1-4H,5-7H2,(H2,14,17)(H,15,19)(H,16,18). The summed E-state index contributed by atoms with van der Waals surface area (Å²) in [7, 11) is 0. The maximum absolute atomic E-state index is 11.7. The number of carbonyl (C=O) groups excluding carboxylic acids is 3. The van der Waals surface area contributed by atoms with Gasteiger partial charge in [0.1, 0.15) is 0 Å². The van der Waals surface area contributed by atoms with Crippen molar-refractivity contribution in [3.05, 3.63) is 34.9 Å². The fraction of sp³-hybridized carbons (Fsp3) is 0.250. The van der Waals surface area contributed by atoms with Crippen molar-refractivity contribution in [3.8, 4) is 0 Å². The van der Waals surface area contributed by atoms with E-state index in [4.69, 9.17) is 17.3 Å². The predicted octanol–water partition coefficient (Wildman–Crippen LogP) is 0.0614. The topological polar surface area (TPSA) is 101 Å². The van der Waals surface area contributed by atoms with E-state index in [1.54, 1.807) is 24.3 Å². The van der Waals surface area contributed by atoms with Crippen molar-refractivity contribution in [1.82, 2.24) is 10.6 Å². The van der Waals surface area contributed by atoms with Crippen molar-refractivity contribution in [2.75, 3.05) is 13.1 Å². The van der Waals surface area contributed by atoms with Crippen LogP contribution in [0.5, 0.6) is 0 Å². The molecular formula is C12H14ClN3O3. The Labute approximate surface area is 115 Å². The van der Waals surface area contributed by atoms with Gasteiger partial charge in [0.05, 0.1) is 17.1 Å². The van der Waals surface area contributed by atoms with Gasteiger partial charge in [0, 0.05) is 13.0 Å². The lowest BCUT2D eigenvalue weighted by Gasteiger charge is -2.06. The molecule has 1 aromatic carbocycles. The lowest BCUT2D eigenvalue weighted by Crippen LogP contribution is -2.35. The molecule has 0 aromatic heterocycles. The van der Waals surface area contributed by atoms with Gasteiger partial charge in [-0.3, -0.25) is 14.4 Å². The lowest BCUT2D eigenvalue weighted by atomic mass is 10.2. The number of carbonyl (C=O) groups is 3. The highest BCUT2D eigenvalue weighted by molar-refractivity contribution is 6.33. The summed E-state index contributed by atoms with van der Waals surface area (Å²) in [5.41, 5.74) is 5.22. The van der Waals surface area contributed by atoms with E-state index in [9.17, 15) is 14.4 Å². The van der Waals surface area contributed by atoms with Crippen LogP contribution in [0.2, 0.25) is 5.02 Å². The average Bonchev–Trinajstić information content (AvgIpc) is 2.36. The third kappa shape index (κ3) is 5.39. The molecule has 0 unspecified atom stereocenters. The molecule has 0 heterocycles. The van der Waals surface area contributed by atoms with E-state index in [-0.39, 0.29) is 31.3 Å². The molecule has 1 aromatic rings. The van der Waals surface area contributed by atoms with E-state index in [0.717, 1.165) is 0 Å². The molecular weight excluding hydrogens is 270 g/mol. The van der Waals surface area contributed by atoms with Gasteiger partial charge in [0.2, 0.25) is 11.8 Å². The zero-order valence-corrected chi connectivity index (χ0v) is 10.9. The molecule has 0 radical (unpaired) electrons. The number of hydrogen-bond acceptors (Lipinski definition) is 3. The summed E-state index contributed by atoms with van der Waals surface area (Å²) in [4.78, 5) is 33.4. The second kappa shape index (κ2) is 7.38. The zero-order valence-electron chi connectivity index (χ0n) is 10.1. The summed E-state index contributed by atoms with van der Waals surface area (Å²) >= 11 is 5.85. The van der Waals surface area contributed by atoms with Gasteiger partial charge in [-0.25, -0.2) is 0 Å². The van der Waals surface area contributed by atoms with Crippen LogP contribution in [-0.2, 0) is 9.59 Å². The summed E-state index contributed by atoms with van der Waals surface area (Å²) in [6, 6.07) is 6.61. The Bertz CT molecular complexity index is 491. The van der Waals surface area contributed by atoms with E-state index >= 15 is 0 Å². The Morgan fingerprint density at radius 1 is 1.16 bits per heavy atom. The molecule has 0 aliphatic carbocycles. The molecule has 0 aliphatic heterocycles. The maximum Gasteiger partial charge on any atom is 0.252 e. The van der Waals surface area contributed by atoms with E-state index in [2.05, 4.69) is 10.6 Å². The Morgan fingerprint density at radius 2 is 1.84 bits per heavy atom. The summed E-state index contributed by atoms with van der Waals surface area (Å²) in [6.45, 7) is -0.0635. The van der Waals surface area contributed by atoms with Gasteiger partial charge in [-0.2, -0.15) is 0 Å². The van der Waals surface area contributed by atoms with E-state index in [1.807, 2.05) is 0 Å². The largest absolute Gasteiger partial charge is 0.368 e. The monoisotopic (exact) mass is 283 g/mol. The van der Waals surface area contributed by atoms with Crippen LogP contribution < -0.4 is 16.4 Å². The smallest absolute Gasteiger partial charge is 0.252 e. The molecule has 0 saturated heterocycles. The minimum absolute atomic E-state index is 0.0590. The minimum Gasteiger partial charge on any atom is -0.368 e. The van der Waals surface area contributed by atoms with Crippen molar-refractivity contribution in [2.24, 2.45) is 5.73 Å². The van der Waals surface area contributed by atoms with Crippen LogP contribution in [0.4, 0.5) is 0 Å². The summed E-state index contributed by atoms with van der Waals surface area (Å²) in [5, 5.41) is 5.22. The van der Waals surface area contributed by atoms with Crippen LogP contribution in [0.25, 0.3) is 0 Å². The van der Waals surface area contributed by atoms with Gasteiger partial charge in [-0.1, -0.05) is 23.7 Å². The van der Waals surface area contributed by atoms with Crippen LogP contribution in [0.3, 0.4) is 0 Å². The van der Waals surface area contributed by atoms with Gasteiger partial charge >= 0.3 is 0 Å². The Hall–Kier alpha value is -2.08. The molecule has 19 heavy (non-hydrogen) atoms. The lowest BCUT2D eigenvalue weighted by molar-refractivity contribution is -0.124. The third-order valence-corrected chi connectivity index (χ3v) is 2.55. The van der Waals surface area contributed by atoms with Crippen molar-refractivity contribution >= 4 is 29.3 Å². The third-order valence-electron chi connectivity index (χ3n) is 2.22. The van der Waals surface area contributed by atoms with E-state index < -0.39 is 5.91 Å². The Kier molecular flexibility index (Phi) is 5.81. The summed E-state index contributed by atoms with van der Waals surface area (Å²) in [5.74, 6) is -1.33. The SMILES string of the molecule is NC(=O)CNC(=O)CCNC(=O)c1ccccc1Cl. The highest BCUT2D eigenvalue weighted by Crippen LogP contribution is 2.14. The molecule has 102 valence electrons. The van der Waals surface area contributed by atoms with Crippen molar-refractivity contribution < 1.29 is 14.4 Å². The maximum atomic E-state index is 11.7. The number of hydrogen-bond donors (Lipinski definition) is 3. The molecule has 0 saturated carbocycles. The van der Waals surface area contributed by atoms with Gasteiger partial charge in [0.15, 0.2) is 0 Å². The van der Waals surface area contributed by atoms with Crippen molar-refractivity contribution in [2.45, 2.75) is 6.42 Å². The number of nitrogens with one attached hydrogen (secondary N) is 2. The number of nitrogens with two attached hydrogens (primary N) is 1. The number of benzene rings is 1. The predicted molar refractivity (Wildman–Crippen MR) is 70.6 cm³/mol. The van der Waals surface area contributed by atoms with Crippen molar-refractivity contribution in [3.63, 3.8) is 0 Å². The first-order valence-corrected chi connectivity index (χ1v) is 5.96. The average molecular weight is 284 g/mol. The van der Waals surface area contributed by atoms with Crippen LogP contribution in [0.15, 0.2) is 24.3 Å². The fourth-order valence-corrected chi connectivity index (χ4v) is 1.53. The van der Waals surface area contributed by atoms with Crippen LogP contribution in [-0.4, -0.2) is 30.8 Å². The second-order valence-corrected chi connectivity index (χ2v) is 4.14. The number of amides is 3. The molecule has 0 atom stereocenters. The van der Waals surface area contributed by atoms with Crippen LogP contribution >= 0.6 is 11.6 Å². The first-order chi connectivity index (χ1) is 9.00. The van der Waals surface area contributed by atoms with Gasteiger partial charge in [0.25, 0.3) is 5.91 Å². The Morgan fingerprint density at radius 3 is 2.47 bits per heavy atom. The molecule has 0 spiro atoms. The molecule has 4 N–H and O–H groups in total. The first kappa shape index (κ1) is 15.0. The van der Waals surface area contributed by atoms with E-state index in [0.29, 0.717) is 10.6 Å². The second-order valence-electron chi connectivity index (χ2n) is 3.73. The molecule has 0 aliphatic rings. The molecule has 3 amide bonds. The van der Waals surface area contributed by atoms with Gasteiger partial charge in [-0.05, 0) is 12.1 Å². The normalized spacial score (nSPS) is 9.74. The molecule has 1 rings (SSSR count). The highest BCUT2D eigenvalue weighted by Gasteiger charge is 2.09. The van der Waals surface area contributed by atoms with Crippen LogP contribution in [0.1, 0.15) is 16.8 Å². The summed E-state index contributed by atoms with van der Waals surface area (Å²) in [6.07, 6.45) is 0.0590. The van der Waals surface area contributed by atoms with Crippen molar-refractivity contribution in [1.29, 1.82) is 0 Å². The quantitative estimate of drug-likeness (QED) is 0.688. The van der Waals surface area contributed by atoms with Crippen LogP contribution in [0, 0.1) is 0 Å². The number of rotatable bonds is 6.